The van der Waals surface area contributed by atoms with Crippen LogP contribution in [0.4, 0.5) is 0 Å². The molecular weight excluding hydrogens is 314 g/mol. The van der Waals surface area contributed by atoms with Gasteiger partial charge in [-0.15, -0.1) is 0 Å². The number of amides is 1. The van der Waals surface area contributed by atoms with Crippen LogP contribution in [0.2, 0.25) is 0 Å². The van der Waals surface area contributed by atoms with Crippen molar-refractivity contribution in [2.75, 3.05) is 20.3 Å². The topological polar surface area (TPSA) is 56.1 Å². The van der Waals surface area contributed by atoms with Crippen LogP contribution in [0.15, 0.2) is 30.3 Å². The molecule has 5 heteroatoms. The fourth-order valence-electron chi connectivity index (χ4n) is 2.62. The first kappa shape index (κ1) is 18.9. The molecular formula is C20H27N3O2. The Kier molecular flexibility index (Phi) is 6.95. The molecule has 5 nitrogen and oxygen atoms in total. The lowest BCUT2D eigenvalue weighted by Crippen LogP contribution is -2.22. The van der Waals surface area contributed by atoms with Gasteiger partial charge in [-0.2, -0.15) is 5.10 Å². The number of aromatic nitrogens is 2. The number of aryl methyl sites for hydroxylation is 2. The van der Waals surface area contributed by atoms with Crippen LogP contribution in [0, 0.1) is 20.8 Å². The van der Waals surface area contributed by atoms with Crippen LogP contribution in [0.25, 0.3) is 6.08 Å². The van der Waals surface area contributed by atoms with Gasteiger partial charge in [0.05, 0.1) is 12.2 Å². The van der Waals surface area contributed by atoms with Crippen molar-refractivity contribution in [3.63, 3.8) is 0 Å². The van der Waals surface area contributed by atoms with Crippen LogP contribution in [0.3, 0.4) is 0 Å². The molecule has 0 aliphatic carbocycles. The SMILES string of the molecule is COCCCNC(=O)/C=C/c1c(C)nn(Cc2ccc(C)cc2)c1C. The molecule has 1 amide bonds. The van der Waals surface area contributed by atoms with E-state index in [1.165, 1.54) is 11.1 Å². The van der Waals surface area contributed by atoms with Gasteiger partial charge in [0, 0.05) is 37.6 Å². The van der Waals surface area contributed by atoms with Crippen LogP contribution in [0.5, 0.6) is 0 Å². The van der Waals surface area contributed by atoms with Crippen molar-refractivity contribution in [2.24, 2.45) is 0 Å². The lowest BCUT2D eigenvalue weighted by atomic mass is 10.1. The molecule has 0 unspecified atom stereocenters. The Labute approximate surface area is 149 Å². The summed E-state index contributed by atoms with van der Waals surface area (Å²) in [6.07, 6.45) is 4.22. The third kappa shape index (κ3) is 5.57. The Hall–Kier alpha value is -2.40. The number of carbonyl (C=O) groups is 1. The molecule has 25 heavy (non-hydrogen) atoms. The lowest BCUT2D eigenvalue weighted by Gasteiger charge is -2.05. The van der Waals surface area contributed by atoms with Crippen LogP contribution < -0.4 is 5.32 Å². The first-order chi connectivity index (χ1) is 12.0. The van der Waals surface area contributed by atoms with E-state index in [1.54, 1.807) is 13.2 Å². The highest BCUT2D eigenvalue weighted by Crippen LogP contribution is 2.16. The summed E-state index contributed by atoms with van der Waals surface area (Å²) in [7, 11) is 1.65. The molecule has 0 bridgehead atoms. The summed E-state index contributed by atoms with van der Waals surface area (Å²) in [6, 6.07) is 8.45. The van der Waals surface area contributed by atoms with E-state index in [-0.39, 0.29) is 5.91 Å². The summed E-state index contributed by atoms with van der Waals surface area (Å²) in [5.74, 6) is -0.0961. The van der Waals surface area contributed by atoms with E-state index in [1.807, 2.05) is 24.6 Å². The van der Waals surface area contributed by atoms with Gasteiger partial charge in [-0.3, -0.25) is 9.48 Å². The average Bonchev–Trinajstić information content (AvgIpc) is 2.85. The van der Waals surface area contributed by atoms with Gasteiger partial charge in [-0.05, 0) is 38.8 Å². The average molecular weight is 341 g/mol. The van der Waals surface area contributed by atoms with E-state index < -0.39 is 0 Å². The third-order valence-corrected chi connectivity index (χ3v) is 4.12. The normalized spacial score (nSPS) is 11.2. The monoisotopic (exact) mass is 341 g/mol. The summed E-state index contributed by atoms with van der Waals surface area (Å²) in [6.45, 7) is 8.06. The van der Waals surface area contributed by atoms with Crippen molar-refractivity contribution in [3.8, 4) is 0 Å². The number of hydrogen-bond acceptors (Lipinski definition) is 3. The van der Waals surface area contributed by atoms with Crippen molar-refractivity contribution in [1.29, 1.82) is 0 Å². The van der Waals surface area contributed by atoms with E-state index >= 15 is 0 Å². The molecule has 1 heterocycles. The number of hydrogen-bond donors (Lipinski definition) is 1. The molecule has 134 valence electrons. The minimum atomic E-state index is -0.0961. The van der Waals surface area contributed by atoms with Gasteiger partial charge in [0.15, 0.2) is 0 Å². The molecule has 0 aliphatic heterocycles. The first-order valence-corrected chi connectivity index (χ1v) is 8.55. The van der Waals surface area contributed by atoms with Crippen LogP contribution in [-0.4, -0.2) is 35.9 Å². The van der Waals surface area contributed by atoms with E-state index in [2.05, 4.69) is 41.6 Å². The fraction of sp³-hybridized carbons (Fsp3) is 0.400. The first-order valence-electron chi connectivity index (χ1n) is 8.55. The lowest BCUT2D eigenvalue weighted by molar-refractivity contribution is -0.116. The maximum atomic E-state index is 11.9. The highest BCUT2D eigenvalue weighted by atomic mass is 16.5. The zero-order valence-corrected chi connectivity index (χ0v) is 15.5. The number of rotatable bonds is 8. The van der Waals surface area contributed by atoms with Crippen molar-refractivity contribution < 1.29 is 9.53 Å². The highest BCUT2D eigenvalue weighted by molar-refractivity contribution is 5.91. The van der Waals surface area contributed by atoms with Crippen molar-refractivity contribution >= 4 is 12.0 Å². The van der Waals surface area contributed by atoms with Gasteiger partial charge in [0.1, 0.15) is 0 Å². The Balaban J connectivity index is 2.02. The second kappa shape index (κ2) is 9.18. The molecule has 0 atom stereocenters. The minimum Gasteiger partial charge on any atom is -0.385 e. The molecule has 0 fully saturated rings. The van der Waals surface area contributed by atoms with Crippen LogP contribution in [0.1, 0.15) is 34.5 Å². The Morgan fingerprint density at radius 1 is 1.24 bits per heavy atom. The second-order valence-electron chi connectivity index (χ2n) is 6.20. The zero-order valence-electron chi connectivity index (χ0n) is 15.5. The molecule has 1 aromatic carbocycles. The molecule has 2 aromatic rings. The number of benzene rings is 1. The predicted octanol–water partition coefficient (Wildman–Crippen LogP) is 3.02. The van der Waals surface area contributed by atoms with Gasteiger partial charge in [0.2, 0.25) is 5.91 Å². The van der Waals surface area contributed by atoms with Crippen molar-refractivity contribution in [3.05, 3.63) is 58.4 Å². The maximum absolute atomic E-state index is 11.9. The molecule has 0 radical (unpaired) electrons. The molecule has 1 aromatic heterocycles. The van der Waals surface area contributed by atoms with E-state index in [9.17, 15) is 4.79 Å². The maximum Gasteiger partial charge on any atom is 0.244 e. The largest absolute Gasteiger partial charge is 0.385 e. The van der Waals surface area contributed by atoms with E-state index in [4.69, 9.17) is 4.74 Å². The Bertz CT molecular complexity index is 730. The zero-order chi connectivity index (χ0) is 18.2. The molecule has 2 rings (SSSR count). The summed E-state index contributed by atoms with van der Waals surface area (Å²) < 4.78 is 6.94. The van der Waals surface area contributed by atoms with Gasteiger partial charge in [-0.1, -0.05) is 29.8 Å². The number of methoxy groups -OCH3 is 1. The second-order valence-corrected chi connectivity index (χ2v) is 6.20. The van der Waals surface area contributed by atoms with Crippen LogP contribution in [-0.2, 0) is 16.1 Å². The number of nitrogens with one attached hydrogen (secondary N) is 1. The van der Waals surface area contributed by atoms with E-state index in [0.717, 1.165) is 29.9 Å². The fourth-order valence-corrected chi connectivity index (χ4v) is 2.62. The quantitative estimate of drug-likeness (QED) is 0.593. The Morgan fingerprint density at radius 2 is 1.96 bits per heavy atom. The van der Waals surface area contributed by atoms with Gasteiger partial charge in [-0.25, -0.2) is 0 Å². The summed E-state index contributed by atoms with van der Waals surface area (Å²) in [4.78, 5) is 11.9. The molecule has 0 spiro atoms. The summed E-state index contributed by atoms with van der Waals surface area (Å²) >= 11 is 0. The molecule has 0 saturated carbocycles. The smallest absolute Gasteiger partial charge is 0.244 e. The number of nitrogens with zero attached hydrogens (tertiary/aromatic N) is 2. The standard InChI is InChI=1S/C20H27N3O2/c1-15-6-8-18(9-7-15)14-23-17(3)19(16(2)22-23)10-11-20(24)21-12-5-13-25-4/h6-11H,5,12-14H2,1-4H3,(H,21,24)/b11-10+. The van der Waals surface area contributed by atoms with Crippen molar-refractivity contribution in [1.82, 2.24) is 15.1 Å². The van der Waals surface area contributed by atoms with Crippen LogP contribution >= 0.6 is 0 Å². The predicted molar refractivity (Wildman–Crippen MR) is 101 cm³/mol. The Morgan fingerprint density at radius 3 is 2.64 bits per heavy atom. The highest BCUT2D eigenvalue weighted by Gasteiger charge is 2.10. The summed E-state index contributed by atoms with van der Waals surface area (Å²) in [5, 5.41) is 7.46. The molecule has 1 N–H and O–H groups in total. The minimum absolute atomic E-state index is 0.0961. The molecule has 0 saturated heterocycles. The third-order valence-electron chi connectivity index (χ3n) is 4.12. The number of carbonyl (C=O) groups excluding carboxylic acids is 1. The number of ether oxygens (including phenoxy) is 1. The van der Waals surface area contributed by atoms with Crippen molar-refractivity contribution in [2.45, 2.75) is 33.7 Å². The van der Waals surface area contributed by atoms with E-state index in [0.29, 0.717) is 13.2 Å². The van der Waals surface area contributed by atoms with Gasteiger partial charge in [0.25, 0.3) is 0 Å². The molecule has 0 aliphatic rings. The van der Waals surface area contributed by atoms with Gasteiger partial charge >= 0.3 is 0 Å². The summed E-state index contributed by atoms with van der Waals surface area (Å²) in [5.41, 5.74) is 5.44. The van der Waals surface area contributed by atoms with Gasteiger partial charge < -0.3 is 10.1 Å².